The Kier molecular flexibility index (Phi) is 10.0. The standard InChI is InChI=1S/C23H28Cl2N2O2S/c1-4-21(23(29)26-16(2)3)27(13-18-9-5-6-11-20(18)25)22(28)15-30-14-17-8-7-10-19(24)12-17/h5-12,16,21H,4,13-15H2,1-3H3,(H,26,29)/t21-/m1/s1. The molecule has 4 nitrogen and oxygen atoms in total. The third kappa shape index (κ3) is 7.53. The summed E-state index contributed by atoms with van der Waals surface area (Å²) in [5, 5.41) is 4.19. The monoisotopic (exact) mass is 466 g/mol. The van der Waals surface area contributed by atoms with Crippen LogP contribution >= 0.6 is 35.0 Å². The van der Waals surface area contributed by atoms with Gasteiger partial charge in [-0.1, -0.05) is 60.5 Å². The number of thioether (sulfide) groups is 1. The summed E-state index contributed by atoms with van der Waals surface area (Å²) >= 11 is 13.9. The van der Waals surface area contributed by atoms with Gasteiger partial charge in [0.1, 0.15) is 6.04 Å². The molecule has 0 aliphatic carbocycles. The van der Waals surface area contributed by atoms with Crippen LogP contribution in [0.25, 0.3) is 0 Å². The van der Waals surface area contributed by atoms with Crippen LogP contribution in [0.15, 0.2) is 48.5 Å². The van der Waals surface area contributed by atoms with Crippen LogP contribution in [0.4, 0.5) is 0 Å². The van der Waals surface area contributed by atoms with Crippen LogP contribution in [-0.4, -0.2) is 34.6 Å². The molecule has 0 saturated heterocycles. The molecule has 0 saturated carbocycles. The average Bonchev–Trinajstić information content (AvgIpc) is 2.68. The molecule has 0 heterocycles. The highest BCUT2D eigenvalue weighted by atomic mass is 35.5. The number of hydrogen-bond donors (Lipinski definition) is 1. The molecular weight excluding hydrogens is 439 g/mol. The Morgan fingerprint density at radius 2 is 1.83 bits per heavy atom. The quantitative estimate of drug-likeness (QED) is 0.498. The van der Waals surface area contributed by atoms with E-state index in [0.29, 0.717) is 28.8 Å². The number of amides is 2. The van der Waals surface area contributed by atoms with Crippen LogP contribution in [0.1, 0.15) is 38.3 Å². The van der Waals surface area contributed by atoms with Crippen molar-refractivity contribution >= 4 is 46.8 Å². The van der Waals surface area contributed by atoms with Gasteiger partial charge in [-0.05, 0) is 49.6 Å². The summed E-state index contributed by atoms with van der Waals surface area (Å²) in [5.41, 5.74) is 1.88. The first-order valence-corrected chi connectivity index (χ1v) is 11.9. The third-order valence-electron chi connectivity index (χ3n) is 4.50. The van der Waals surface area contributed by atoms with Gasteiger partial charge in [-0.15, -0.1) is 11.8 Å². The molecule has 1 N–H and O–H groups in total. The fourth-order valence-electron chi connectivity index (χ4n) is 3.08. The van der Waals surface area contributed by atoms with Crippen molar-refractivity contribution in [3.8, 4) is 0 Å². The summed E-state index contributed by atoms with van der Waals surface area (Å²) in [7, 11) is 0. The minimum atomic E-state index is -0.553. The maximum Gasteiger partial charge on any atom is 0.243 e. The molecule has 0 unspecified atom stereocenters. The molecule has 0 bridgehead atoms. The average molecular weight is 467 g/mol. The van der Waals surface area contributed by atoms with Crippen molar-refractivity contribution in [1.82, 2.24) is 10.2 Å². The molecule has 2 aromatic rings. The first-order chi connectivity index (χ1) is 14.3. The predicted octanol–water partition coefficient (Wildman–Crippen LogP) is 5.56. The second-order valence-corrected chi connectivity index (χ2v) is 9.15. The van der Waals surface area contributed by atoms with Gasteiger partial charge in [-0.3, -0.25) is 9.59 Å². The van der Waals surface area contributed by atoms with Crippen LogP contribution in [0.5, 0.6) is 0 Å². The molecule has 0 radical (unpaired) electrons. The maximum atomic E-state index is 13.2. The lowest BCUT2D eigenvalue weighted by molar-refractivity contribution is -0.139. The molecule has 0 aliphatic heterocycles. The minimum absolute atomic E-state index is 0.000944. The highest BCUT2D eigenvalue weighted by molar-refractivity contribution is 7.99. The lowest BCUT2D eigenvalue weighted by Crippen LogP contribution is -2.51. The normalized spacial score (nSPS) is 11.9. The van der Waals surface area contributed by atoms with Gasteiger partial charge in [-0.25, -0.2) is 0 Å². The summed E-state index contributed by atoms with van der Waals surface area (Å²) in [4.78, 5) is 27.6. The zero-order valence-electron chi connectivity index (χ0n) is 17.5. The minimum Gasteiger partial charge on any atom is -0.352 e. The SMILES string of the molecule is CC[C@H](C(=O)NC(C)C)N(Cc1ccccc1Cl)C(=O)CSCc1cccc(Cl)c1. The van der Waals surface area contributed by atoms with Gasteiger partial charge in [0.2, 0.25) is 11.8 Å². The summed E-state index contributed by atoms with van der Waals surface area (Å²) in [6, 6.07) is 14.5. The molecule has 30 heavy (non-hydrogen) atoms. The van der Waals surface area contributed by atoms with E-state index in [4.69, 9.17) is 23.2 Å². The summed E-state index contributed by atoms with van der Waals surface area (Å²) < 4.78 is 0. The topological polar surface area (TPSA) is 49.4 Å². The largest absolute Gasteiger partial charge is 0.352 e. The van der Waals surface area contributed by atoms with Gasteiger partial charge in [0.15, 0.2) is 0 Å². The molecule has 0 fully saturated rings. The highest BCUT2D eigenvalue weighted by Crippen LogP contribution is 2.22. The van der Waals surface area contributed by atoms with Crippen molar-refractivity contribution in [2.75, 3.05) is 5.75 Å². The summed E-state index contributed by atoms with van der Waals surface area (Å²) in [6.07, 6.45) is 0.522. The summed E-state index contributed by atoms with van der Waals surface area (Å²) in [6.45, 7) is 6.02. The molecule has 0 aromatic heterocycles. The van der Waals surface area contributed by atoms with Gasteiger partial charge in [-0.2, -0.15) is 0 Å². The van der Waals surface area contributed by atoms with Crippen LogP contribution in [0.2, 0.25) is 10.0 Å². The van der Waals surface area contributed by atoms with Crippen molar-refractivity contribution in [1.29, 1.82) is 0 Å². The zero-order chi connectivity index (χ0) is 22.1. The third-order valence-corrected chi connectivity index (χ3v) is 6.09. The molecular formula is C23H28Cl2N2O2S. The number of rotatable bonds is 10. The van der Waals surface area contributed by atoms with E-state index in [9.17, 15) is 9.59 Å². The van der Waals surface area contributed by atoms with E-state index in [1.54, 1.807) is 11.0 Å². The van der Waals surface area contributed by atoms with Crippen molar-refractivity contribution in [2.45, 2.75) is 51.6 Å². The number of nitrogens with one attached hydrogen (secondary N) is 1. The van der Waals surface area contributed by atoms with Gasteiger partial charge in [0.05, 0.1) is 5.75 Å². The van der Waals surface area contributed by atoms with E-state index in [1.165, 1.54) is 11.8 Å². The van der Waals surface area contributed by atoms with E-state index < -0.39 is 6.04 Å². The van der Waals surface area contributed by atoms with Crippen LogP contribution < -0.4 is 5.32 Å². The van der Waals surface area contributed by atoms with Crippen molar-refractivity contribution in [3.63, 3.8) is 0 Å². The second-order valence-electron chi connectivity index (χ2n) is 7.32. The number of halogens is 2. The smallest absolute Gasteiger partial charge is 0.243 e. The van der Waals surface area contributed by atoms with E-state index in [1.807, 2.05) is 63.2 Å². The van der Waals surface area contributed by atoms with E-state index in [2.05, 4.69) is 5.32 Å². The maximum absolute atomic E-state index is 13.2. The highest BCUT2D eigenvalue weighted by Gasteiger charge is 2.29. The Morgan fingerprint density at radius 1 is 1.10 bits per heavy atom. The molecule has 2 amide bonds. The molecule has 7 heteroatoms. The number of nitrogens with zero attached hydrogens (tertiary/aromatic N) is 1. The first-order valence-electron chi connectivity index (χ1n) is 9.97. The Morgan fingerprint density at radius 3 is 2.47 bits per heavy atom. The van der Waals surface area contributed by atoms with Crippen LogP contribution in [-0.2, 0) is 21.9 Å². The van der Waals surface area contributed by atoms with Gasteiger partial charge < -0.3 is 10.2 Å². The zero-order valence-corrected chi connectivity index (χ0v) is 19.9. The van der Waals surface area contributed by atoms with E-state index in [-0.39, 0.29) is 23.6 Å². The van der Waals surface area contributed by atoms with Crippen molar-refractivity contribution in [3.05, 3.63) is 69.7 Å². The molecule has 2 aromatic carbocycles. The summed E-state index contributed by atoms with van der Waals surface area (Å²) in [5.74, 6) is 0.698. The Labute approximate surface area is 193 Å². The Hall–Kier alpha value is -1.69. The predicted molar refractivity (Wildman–Crippen MR) is 127 cm³/mol. The molecule has 0 spiro atoms. The molecule has 1 atom stereocenters. The number of hydrogen-bond acceptors (Lipinski definition) is 3. The fraction of sp³-hybridized carbons (Fsp3) is 0.391. The van der Waals surface area contributed by atoms with Crippen LogP contribution in [0.3, 0.4) is 0 Å². The lowest BCUT2D eigenvalue weighted by Gasteiger charge is -2.31. The van der Waals surface area contributed by atoms with E-state index >= 15 is 0 Å². The molecule has 0 aliphatic rings. The van der Waals surface area contributed by atoms with Gasteiger partial charge in [0.25, 0.3) is 0 Å². The Balaban J connectivity index is 2.15. The van der Waals surface area contributed by atoms with Gasteiger partial charge >= 0.3 is 0 Å². The molecule has 2 rings (SSSR count). The Bertz CT molecular complexity index is 861. The second kappa shape index (κ2) is 12.2. The lowest BCUT2D eigenvalue weighted by atomic mass is 10.1. The van der Waals surface area contributed by atoms with E-state index in [0.717, 1.165) is 11.1 Å². The number of benzene rings is 2. The number of carbonyl (C=O) groups is 2. The fourth-order valence-corrected chi connectivity index (χ4v) is 4.34. The van der Waals surface area contributed by atoms with Crippen LogP contribution in [0, 0.1) is 0 Å². The van der Waals surface area contributed by atoms with Gasteiger partial charge in [0, 0.05) is 28.4 Å². The number of carbonyl (C=O) groups excluding carboxylic acids is 2. The first kappa shape index (κ1) is 24.6. The van der Waals surface area contributed by atoms with Crippen molar-refractivity contribution in [2.24, 2.45) is 0 Å². The van der Waals surface area contributed by atoms with Crippen molar-refractivity contribution < 1.29 is 9.59 Å². The molecule has 162 valence electrons.